The van der Waals surface area contributed by atoms with Gasteiger partial charge in [0.05, 0.1) is 0 Å². The average Bonchev–Trinajstić information content (AvgIpc) is 2.40. The first-order valence-electron chi connectivity index (χ1n) is 5.66. The number of nitrogens with two attached hydrogens (primary N) is 1. The molecule has 0 fully saturated rings. The van der Waals surface area contributed by atoms with Gasteiger partial charge in [0.15, 0.2) is 0 Å². The lowest BCUT2D eigenvalue weighted by Crippen LogP contribution is -2.13. The Morgan fingerprint density at radius 3 is 2.33 bits per heavy atom. The van der Waals surface area contributed by atoms with Crippen molar-refractivity contribution in [3.05, 3.63) is 42.6 Å². The predicted octanol–water partition coefficient (Wildman–Crippen LogP) is 2.07. The average molecular weight is 315 g/mol. The van der Waals surface area contributed by atoms with Crippen molar-refractivity contribution < 1.29 is 21.9 Å². The Balaban J connectivity index is 2.15. The Labute approximate surface area is 119 Å². The van der Waals surface area contributed by atoms with E-state index in [1.807, 2.05) is 0 Å². The van der Waals surface area contributed by atoms with Crippen molar-refractivity contribution in [3.8, 4) is 5.75 Å². The number of sulfonamides is 1. The molecule has 1 heterocycles. The van der Waals surface area contributed by atoms with Crippen molar-refractivity contribution in [1.82, 2.24) is 4.98 Å². The SMILES string of the molecule is Nc1ccc(S(=O)(=O)Nc2ccc(OC(F)F)cc2)cn1. The molecule has 2 rings (SSSR count). The van der Waals surface area contributed by atoms with Gasteiger partial charge >= 0.3 is 6.61 Å². The van der Waals surface area contributed by atoms with Crippen LogP contribution < -0.4 is 15.2 Å². The lowest BCUT2D eigenvalue weighted by Gasteiger charge is -2.09. The topological polar surface area (TPSA) is 94.3 Å². The van der Waals surface area contributed by atoms with E-state index in [1.165, 1.54) is 36.4 Å². The van der Waals surface area contributed by atoms with Gasteiger partial charge in [0.25, 0.3) is 10.0 Å². The molecule has 0 aliphatic carbocycles. The lowest BCUT2D eigenvalue weighted by molar-refractivity contribution is -0.0498. The number of nitrogens with zero attached hydrogens (tertiary/aromatic N) is 1. The zero-order chi connectivity index (χ0) is 15.5. The molecule has 0 amide bonds. The van der Waals surface area contributed by atoms with Crippen LogP contribution in [0.4, 0.5) is 20.3 Å². The standard InChI is InChI=1S/C12H11F2N3O3S/c13-12(14)20-9-3-1-8(2-4-9)17-21(18,19)10-5-6-11(15)16-7-10/h1-7,12,17H,(H2,15,16). The fourth-order valence-electron chi connectivity index (χ4n) is 1.47. The Morgan fingerprint density at radius 2 is 1.81 bits per heavy atom. The van der Waals surface area contributed by atoms with Crippen LogP contribution in [-0.2, 0) is 10.0 Å². The monoisotopic (exact) mass is 315 g/mol. The largest absolute Gasteiger partial charge is 0.435 e. The normalized spacial score (nSPS) is 11.4. The van der Waals surface area contributed by atoms with Crippen LogP contribution >= 0.6 is 0 Å². The van der Waals surface area contributed by atoms with Gasteiger partial charge in [0.2, 0.25) is 0 Å². The Bertz CT molecular complexity index is 704. The third kappa shape index (κ3) is 4.02. The maximum absolute atomic E-state index is 12.0. The van der Waals surface area contributed by atoms with Gasteiger partial charge in [-0.1, -0.05) is 0 Å². The van der Waals surface area contributed by atoms with Crippen LogP contribution in [0.5, 0.6) is 5.75 Å². The first kappa shape index (κ1) is 15.0. The molecule has 21 heavy (non-hydrogen) atoms. The molecule has 0 aliphatic rings. The van der Waals surface area contributed by atoms with Gasteiger partial charge in [0, 0.05) is 11.9 Å². The van der Waals surface area contributed by atoms with Gasteiger partial charge in [-0.25, -0.2) is 13.4 Å². The predicted molar refractivity (Wildman–Crippen MR) is 72.5 cm³/mol. The number of hydrogen-bond acceptors (Lipinski definition) is 5. The number of rotatable bonds is 5. The first-order chi connectivity index (χ1) is 9.87. The summed E-state index contributed by atoms with van der Waals surface area (Å²) in [5.74, 6) is 0.129. The summed E-state index contributed by atoms with van der Waals surface area (Å²) < 4.78 is 54.5. The maximum Gasteiger partial charge on any atom is 0.387 e. The molecule has 9 heteroatoms. The lowest BCUT2D eigenvalue weighted by atomic mass is 10.3. The van der Waals surface area contributed by atoms with E-state index in [0.717, 1.165) is 6.20 Å². The second-order valence-electron chi connectivity index (χ2n) is 3.93. The molecular weight excluding hydrogens is 304 g/mol. The Kier molecular flexibility index (Phi) is 4.22. The van der Waals surface area contributed by atoms with E-state index in [0.29, 0.717) is 0 Å². The van der Waals surface area contributed by atoms with Gasteiger partial charge in [-0.15, -0.1) is 0 Å². The number of nitrogens with one attached hydrogen (secondary N) is 1. The minimum atomic E-state index is -3.82. The van der Waals surface area contributed by atoms with E-state index >= 15 is 0 Å². The summed E-state index contributed by atoms with van der Waals surface area (Å²) in [4.78, 5) is 3.62. The van der Waals surface area contributed by atoms with Crippen LogP contribution in [0.2, 0.25) is 0 Å². The number of hydrogen-bond donors (Lipinski definition) is 2. The van der Waals surface area contributed by atoms with Gasteiger partial charge in [0.1, 0.15) is 16.5 Å². The number of ether oxygens (including phenoxy) is 1. The summed E-state index contributed by atoms with van der Waals surface area (Å²) in [5.41, 5.74) is 5.58. The van der Waals surface area contributed by atoms with E-state index in [1.54, 1.807) is 0 Å². The van der Waals surface area contributed by atoms with Crippen LogP contribution in [0.3, 0.4) is 0 Å². The summed E-state index contributed by atoms with van der Waals surface area (Å²) in [6.07, 6.45) is 1.12. The van der Waals surface area contributed by atoms with E-state index in [9.17, 15) is 17.2 Å². The molecule has 0 bridgehead atoms. The molecule has 0 spiro atoms. The van der Waals surface area contributed by atoms with Crippen molar-refractivity contribution in [3.63, 3.8) is 0 Å². The van der Waals surface area contributed by atoms with Crippen LogP contribution in [0.15, 0.2) is 47.5 Å². The minimum absolute atomic E-state index is 0.0652. The number of pyridine rings is 1. The molecule has 0 radical (unpaired) electrons. The van der Waals surface area contributed by atoms with E-state index in [-0.39, 0.29) is 22.2 Å². The highest BCUT2D eigenvalue weighted by Crippen LogP contribution is 2.20. The molecule has 3 N–H and O–H groups in total. The van der Waals surface area contributed by atoms with E-state index < -0.39 is 16.6 Å². The van der Waals surface area contributed by atoms with Crippen LogP contribution in [-0.4, -0.2) is 20.0 Å². The first-order valence-corrected chi connectivity index (χ1v) is 7.14. The Morgan fingerprint density at radius 1 is 1.14 bits per heavy atom. The maximum atomic E-state index is 12.0. The second kappa shape index (κ2) is 5.92. The number of aromatic nitrogens is 1. The summed E-state index contributed by atoms with van der Waals surface area (Å²) >= 11 is 0. The van der Waals surface area contributed by atoms with Gasteiger partial charge in [-0.05, 0) is 36.4 Å². The molecule has 2 aromatic rings. The third-order valence-electron chi connectivity index (χ3n) is 2.40. The number of anilines is 2. The number of alkyl halides is 2. The smallest absolute Gasteiger partial charge is 0.387 e. The summed E-state index contributed by atoms with van der Waals surface area (Å²) in [6.45, 7) is -2.94. The molecular formula is C12H11F2N3O3S. The third-order valence-corrected chi connectivity index (χ3v) is 3.77. The van der Waals surface area contributed by atoms with Gasteiger partial charge < -0.3 is 10.5 Å². The van der Waals surface area contributed by atoms with Gasteiger partial charge in [-0.3, -0.25) is 4.72 Å². The van der Waals surface area contributed by atoms with Gasteiger partial charge in [-0.2, -0.15) is 8.78 Å². The highest BCUT2D eigenvalue weighted by Gasteiger charge is 2.14. The highest BCUT2D eigenvalue weighted by molar-refractivity contribution is 7.92. The fraction of sp³-hybridized carbons (Fsp3) is 0.0833. The molecule has 0 saturated carbocycles. The molecule has 0 unspecified atom stereocenters. The quantitative estimate of drug-likeness (QED) is 0.881. The number of benzene rings is 1. The molecule has 0 saturated heterocycles. The van der Waals surface area contributed by atoms with Crippen molar-refractivity contribution in [2.45, 2.75) is 11.5 Å². The van der Waals surface area contributed by atoms with Crippen molar-refractivity contribution in [2.75, 3.05) is 10.5 Å². The van der Waals surface area contributed by atoms with Crippen molar-refractivity contribution in [2.24, 2.45) is 0 Å². The van der Waals surface area contributed by atoms with E-state index in [2.05, 4.69) is 14.4 Å². The van der Waals surface area contributed by atoms with Crippen LogP contribution in [0.1, 0.15) is 0 Å². The highest BCUT2D eigenvalue weighted by atomic mass is 32.2. The summed E-state index contributed by atoms with van der Waals surface area (Å²) in [6, 6.07) is 7.73. The summed E-state index contributed by atoms with van der Waals surface area (Å²) in [7, 11) is -3.82. The molecule has 0 atom stereocenters. The minimum Gasteiger partial charge on any atom is -0.435 e. The van der Waals surface area contributed by atoms with Crippen molar-refractivity contribution in [1.29, 1.82) is 0 Å². The summed E-state index contributed by atoms with van der Waals surface area (Å²) in [5, 5.41) is 0. The molecule has 1 aromatic carbocycles. The van der Waals surface area contributed by atoms with Crippen molar-refractivity contribution >= 4 is 21.5 Å². The molecule has 112 valence electrons. The Hall–Kier alpha value is -2.42. The van der Waals surface area contributed by atoms with Crippen LogP contribution in [0, 0.1) is 0 Å². The van der Waals surface area contributed by atoms with Crippen LogP contribution in [0.25, 0.3) is 0 Å². The number of halogens is 2. The second-order valence-corrected chi connectivity index (χ2v) is 5.61. The zero-order valence-corrected chi connectivity index (χ0v) is 11.3. The molecule has 0 aliphatic heterocycles. The molecule has 6 nitrogen and oxygen atoms in total. The van der Waals surface area contributed by atoms with E-state index in [4.69, 9.17) is 5.73 Å². The number of nitrogen functional groups attached to an aromatic ring is 1. The fourth-order valence-corrected chi connectivity index (χ4v) is 2.47. The zero-order valence-electron chi connectivity index (χ0n) is 10.5. The molecule has 1 aromatic heterocycles.